The Morgan fingerprint density at radius 2 is 1.74 bits per heavy atom. The van der Waals surface area contributed by atoms with Crippen LogP contribution in [0, 0.1) is 19.7 Å². The minimum absolute atomic E-state index is 0.183. The summed E-state index contributed by atoms with van der Waals surface area (Å²) in [5, 5.41) is 0.223. The molecule has 194 valence electrons. The number of nitrogens with one attached hydrogen (secondary N) is 1. The molecular formula is C23H29ClFNO7S2. The Hall–Kier alpha value is -2.05. The predicted octanol–water partition coefficient (Wildman–Crippen LogP) is 3.80. The lowest BCUT2D eigenvalue weighted by molar-refractivity contribution is -0.143. The van der Waals surface area contributed by atoms with Crippen molar-refractivity contribution >= 4 is 37.7 Å². The topological polar surface area (TPSA) is 116 Å². The number of hydrogen-bond donors (Lipinski definition) is 1. The second-order valence-electron chi connectivity index (χ2n) is 8.39. The summed E-state index contributed by atoms with van der Waals surface area (Å²) in [6.07, 6.45) is 0.881. The van der Waals surface area contributed by atoms with Crippen LogP contribution in [-0.2, 0) is 33.9 Å². The van der Waals surface area contributed by atoms with Gasteiger partial charge in [0, 0.05) is 16.9 Å². The van der Waals surface area contributed by atoms with E-state index in [2.05, 4.69) is 4.72 Å². The molecule has 0 radical (unpaired) electrons. The van der Waals surface area contributed by atoms with Crippen molar-refractivity contribution in [3.05, 3.63) is 63.4 Å². The first-order chi connectivity index (χ1) is 16.1. The fourth-order valence-electron chi connectivity index (χ4n) is 3.71. The molecule has 0 fully saturated rings. The van der Waals surface area contributed by atoms with Gasteiger partial charge in [-0.15, -0.1) is 0 Å². The lowest BCUT2D eigenvalue weighted by atomic mass is 9.88. The van der Waals surface area contributed by atoms with E-state index in [4.69, 9.17) is 20.5 Å². The highest BCUT2D eigenvalue weighted by Crippen LogP contribution is 2.31. The highest BCUT2D eigenvalue weighted by molar-refractivity contribution is 7.89. The number of esters is 1. The molecule has 8 nitrogen and oxygen atoms in total. The molecular weight excluding hydrogens is 521 g/mol. The number of sulfonamides is 1. The molecule has 0 amide bonds. The van der Waals surface area contributed by atoms with Gasteiger partial charge in [0.25, 0.3) is 10.1 Å². The van der Waals surface area contributed by atoms with Crippen LogP contribution < -0.4 is 4.72 Å². The molecule has 1 N–H and O–H groups in total. The Morgan fingerprint density at radius 3 is 2.31 bits per heavy atom. The van der Waals surface area contributed by atoms with E-state index in [9.17, 15) is 26.0 Å². The highest BCUT2D eigenvalue weighted by Gasteiger charge is 2.35. The zero-order valence-corrected chi connectivity index (χ0v) is 22.6. The van der Waals surface area contributed by atoms with Gasteiger partial charge in [-0.05, 0) is 60.4 Å². The Kier molecular flexibility index (Phi) is 9.46. The first-order valence-electron chi connectivity index (χ1n) is 10.6. The van der Waals surface area contributed by atoms with Gasteiger partial charge in [0.05, 0.1) is 24.9 Å². The zero-order chi connectivity index (χ0) is 26.7. The molecule has 0 aliphatic heterocycles. The van der Waals surface area contributed by atoms with Crippen molar-refractivity contribution in [1.29, 1.82) is 0 Å². The summed E-state index contributed by atoms with van der Waals surface area (Å²) in [4.78, 5) is 12.4. The molecule has 2 unspecified atom stereocenters. The van der Waals surface area contributed by atoms with Crippen LogP contribution in [0.15, 0.2) is 35.2 Å². The summed E-state index contributed by atoms with van der Waals surface area (Å²) in [7, 11) is -7.05. The van der Waals surface area contributed by atoms with E-state index < -0.39 is 49.8 Å². The second kappa shape index (κ2) is 11.3. The predicted molar refractivity (Wildman–Crippen MR) is 131 cm³/mol. The van der Waals surface area contributed by atoms with Crippen molar-refractivity contribution in [2.45, 2.75) is 50.5 Å². The highest BCUT2D eigenvalue weighted by atomic mass is 35.5. The van der Waals surface area contributed by atoms with E-state index in [-0.39, 0.29) is 27.7 Å². The smallest absolute Gasteiger partial charge is 0.324 e. The standard InChI is InChI=1S/C23H29ClFNO7S2/c1-13-7-9-19(25)21(15(13)3)16(4)22(23(27)32-5)26-35(30,31)20-10-8-17(24)11-18(20)14(2)12-33-34(6,28)29/h7-11,14,16,22,26H,12H2,1-6H3/t14?,16?,22-/m0/s1. The first-order valence-corrected chi connectivity index (χ1v) is 14.3. The van der Waals surface area contributed by atoms with Gasteiger partial charge in [0.1, 0.15) is 11.9 Å². The van der Waals surface area contributed by atoms with Crippen LogP contribution >= 0.6 is 11.6 Å². The van der Waals surface area contributed by atoms with Gasteiger partial charge in [-0.2, -0.15) is 13.1 Å². The van der Waals surface area contributed by atoms with Gasteiger partial charge in [-0.3, -0.25) is 8.98 Å². The van der Waals surface area contributed by atoms with Gasteiger partial charge >= 0.3 is 5.97 Å². The maximum atomic E-state index is 14.8. The number of carbonyl (C=O) groups is 1. The molecule has 0 spiro atoms. The average Bonchev–Trinajstić information content (AvgIpc) is 2.77. The third-order valence-electron chi connectivity index (χ3n) is 5.75. The zero-order valence-electron chi connectivity index (χ0n) is 20.3. The molecule has 0 bridgehead atoms. The molecule has 0 heterocycles. The van der Waals surface area contributed by atoms with Gasteiger partial charge in [-0.1, -0.05) is 31.5 Å². The Balaban J connectivity index is 2.53. The van der Waals surface area contributed by atoms with Crippen LogP contribution in [0.25, 0.3) is 0 Å². The number of carbonyl (C=O) groups excluding carboxylic acids is 1. The van der Waals surface area contributed by atoms with Crippen LogP contribution in [0.4, 0.5) is 4.39 Å². The SMILES string of the molecule is COC(=O)[C@@H](NS(=O)(=O)c1ccc(Cl)cc1C(C)COS(C)(=O)=O)C(C)c1c(F)ccc(C)c1C. The molecule has 0 aliphatic rings. The fourth-order valence-corrected chi connectivity index (χ4v) is 5.92. The number of ether oxygens (including phenoxy) is 1. The number of benzene rings is 2. The summed E-state index contributed by atoms with van der Waals surface area (Å²) in [6, 6.07) is 5.38. The third kappa shape index (κ3) is 7.23. The van der Waals surface area contributed by atoms with Crippen LogP contribution in [0.5, 0.6) is 0 Å². The van der Waals surface area contributed by atoms with Crippen molar-refractivity contribution < 1.29 is 34.9 Å². The van der Waals surface area contributed by atoms with Gasteiger partial charge in [-0.25, -0.2) is 12.8 Å². The van der Waals surface area contributed by atoms with E-state index in [1.807, 2.05) is 0 Å². The molecule has 0 saturated carbocycles. The van der Waals surface area contributed by atoms with Crippen LogP contribution in [0.3, 0.4) is 0 Å². The Labute approximate surface area is 211 Å². The van der Waals surface area contributed by atoms with Crippen molar-refractivity contribution in [1.82, 2.24) is 4.72 Å². The van der Waals surface area contributed by atoms with Crippen molar-refractivity contribution in [2.75, 3.05) is 20.0 Å². The number of aryl methyl sites for hydroxylation is 1. The van der Waals surface area contributed by atoms with E-state index in [1.54, 1.807) is 26.8 Å². The fraction of sp³-hybridized carbons (Fsp3) is 0.435. The molecule has 12 heteroatoms. The molecule has 2 aromatic carbocycles. The molecule has 0 saturated heterocycles. The van der Waals surface area contributed by atoms with Gasteiger partial charge < -0.3 is 4.74 Å². The maximum absolute atomic E-state index is 14.8. The Morgan fingerprint density at radius 1 is 1.11 bits per heavy atom. The van der Waals surface area contributed by atoms with E-state index >= 15 is 0 Å². The van der Waals surface area contributed by atoms with Crippen LogP contribution in [-0.4, -0.2) is 48.8 Å². The van der Waals surface area contributed by atoms with E-state index in [0.717, 1.165) is 18.9 Å². The number of rotatable bonds is 10. The van der Waals surface area contributed by atoms with E-state index in [0.29, 0.717) is 5.56 Å². The first kappa shape index (κ1) is 29.2. The molecule has 2 aromatic rings. The number of methoxy groups -OCH3 is 1. The normalized spacial score (nSPS) is 14.9. The summed E-state index contributed by atoms with van der Waals surface area (Å²) >= 11 is 6.07. The van der Waals surface area contributed by atoms with Gasteiger partial charge in [0.2, 0.25) is 10.0 Å². The maximum Gasteiger partial charge on any atom is 0.324 e. The van der Waals surface area contributed by atoms with E-state index in [1.165, 1.54) is 31.2 Å². The lowest BCUT2D eigenvalue weighted by Crippen LogP contribution is -2.45. The molecule has 3 atom stereocenters. The monoisotopic (exact) mass is 549 g/mol. The minimum Gasteiger partial charge on any atom is -0.468 e. The summed E-state index contributed by atoms with van der Waals surface area (Å²) in [5.74, 6) is -3.09. The molecule has 0 aliphatic carbocycles. The molecule has 2 rings (SSSR count). The number of halogens is 2. The lowest BCUT2D eigenvalue weighted by Gasteiger charge is -2.26. The van der Waals surface area contributed by atoms with Gasteiger partial charge in [0.15, 0.2) is 0 Å². The Bertz CT molecular complexity index is 1310. The van der Waals surface area contributed by atoms with Crippen molar-refractivity contribution in [3.63, 3.8) is 0 Å². The molecule has 35 heavy (non-hydrogen) atoms. The quantitative estimate of drug-likeness (QED) is 0.354. The molecule has 0 aromatic heterocycles. The largest absolute Gasteiger partial charge is 0.468 e. The van der Waals surface area contributed by atoms with Crippen LogP contribution in [0.2, 0.25) is 5.02 Å². The summed E-state index contributed by atoms with van der Waals surface area (Å²) < 4.78 is 76.5. The average molecular weight is 550 g/mol. The summed E-state index contributed by atoms with van der Waals surface area (Å²) in [6.45, 7) is 6.24. The number of hydrogen-bond acceptors (Lipinski definition) is 7. The van der Waals surface area contributed by atoms with Crippen molar-refractivity contribution in [3.8, 4) is 0 Å². The van der Waals surface area contributed by atoms with Crippen molar-refractivity contribution in [2.24, 2.45) is 0 Å². The summed E-state index contributed by atoms with van der Waals surface area (Å²) in [5.41, 5.74) is 1.74. The third-order valence-corrected chi connectivity index (χ3v) is 8.06. The second-order valence-corrected chi connectivity index (χ2v) is 12.1. The minimum atomic E-state index is -4.39. The van der Waals surface area contributed by atoms with Crippen LogP contribution in [0.1, 0.15) is 47.9 Å².